The van der Waals surface area contributed by atoms with Gasteiger partial charge in [0.1, 0.15) is 0 Å². The van der Waals surface area contributed by atoms with Crippen LogP contribution in [0.15, 0.2) is 0 Å². The molecule has 0 saturated carbocycles. The third-order valence-electron chi connectivity index (χ3n) is 2.30. The first-order valence-corrected chi connectivity index (χ1v) is 5.53. The summed E-state index contributed by atoms with van der Waals surface area (Å²) in [5.41, 5.74) is 0. The van der Waals surface area contributed by atoms with Crippen LogP contribution in [0.2, 0.25) is 0 Å². The molecule has 2 atom stereocenters. The molecule has 0 fully saturated rings. The van der Waals surface area contributed by atoms with E-state index in [1.807, 2.05) is 6.92 Å². The lowest BCUT2D eigenvalue weighted by molar-refractivity contribution is 0.141. The van der Waals surface area contributed by atoms with Crippen LogP contribution in [0.1, 0.15) is 58.8 Å². The maximum absolute atomic E-state index is 9.48. The first-order valence-electron chi connectivity index (χ1n) is 5.53. The number of rotatable bonds is 8. The van der Waals surface area contributed by atoms with E-state index in [9.17, 15) is 5.11 Å². The normalized spacial score (nSPS) is 15.7. The quantitative estimate of drug-likeness (QED) is 0.574. The Balaban J connectivity index is 3.12. The Hall–Kier alpha value is -0.0800. The molecule has 0 aliphatic rings. The van der Waals surface area contributed by atoms with Gasteiger partial charge in [-0.05, 0) is 26.2 Å². The zero-order valence-electron chi connectivity index (χ0n) is 9.00. The van der Waals surface area contributed by atoms with Crippen molar-refractivity contribution in [2.75, 3.05) is 0 Å². The molecule has 0 aliphatic heterocycles. The summed E-state index contributed by atoms with van der Waals surface area (Å²) in [6, 6.07) is 0. The van der Waals surface area contributed by atoms with Gasteiger partial charge in [-0.25, -0.2) is 0 Å². The third-order valence-corrected chi connectivity index (χ3v) is 2.30. The highest BCUT2D eigenvalue weighted by Gasteiger charge is 2.03. The standard InChI is InChI=1S/C11H24O2/c1-3-4-8-11(13)9-6-5-7-10(2)12/h10-13H,3-9H2,1-2H3. The summed E-state index contributed by atoms with van der Waals surface area (Å²) in [6.45, 7) is 3.95. The Labute approximate surface area is 82.0 Å². The number of aliphatic hydroxyl groups is 2. The van der Waals surface area contributed by atoms with E-state index in [4.69, 9.17) is 5.11 Å². The van der Waals surface area contributed by atoms with Crippen molar-refractivity contribution < 1.29 is 10.2 Å². The highest BCUT2D eigenvalue weighted by molar-refractivity contribution is 4.57. The number of unbranched alkanes of at least 4 members (excludes halogenated alkanes) is 2. The van der Waals surface area contributed by atoms with Crippen molar-refractivity contribution in [1.29, 1.82) is 0 Å². The molecule has 2 N–H and O–H groups in total. The molecule has 0 amide bonds. The Morgan fingerprint density at radius 2 is 1.46 bits per heavy atom. The summed E-state index contributed by atoms with van der Waals surface area (Å²) < 4.78 is 0. The van der Waals surface area contributed by atoms with E-state index < -0.39 is 0 Å². The summed E-state index contributed by atoms with van der Waals surface area (Å²) in [6.07, 6.45) is 6.74. The van der Waals surface area contributed by atoms with Crippen molar-refractivity contribution in [3.63, 3.8) is 0 Å². The minimum Gasteiger partial charge on any atom is -0.393 e. The highest BCUT2D eigenvalue weighted by atomic mass is 16.3. The van der Waals surface area contributed by atoms with Crippen molar-refractivity contribution in [2.24, 2.45) is 0 Å². The third kappa shape index (κ3) is 9.84. The molecule has 2 unspecified atom stereocenters. The van der Waals surface area contributed by atoms with E-state index in [0.29, 0.717) is 0 Å². The number of hydrogen-bond donors (Lipinski definition) is 2. The van der Waals surface area contributed by atoms with Crippen LogP contribution >= 0.6 is 0 Å². The smallest absolute Gasteiger partial charge is 0.0540 e. The fraction of sp³-hybridized carbons (Fsp3) is 1.00. The first-order chi connectivity index (χ1) is 6.16. The van der Waals surface area contributed by atoms with Crippen LogP contribution in [0, 0.1) is 0 Å². The van der Waals surface area contributed by atoms with Crippen LogP contribution in [0.25, 0.3) is 0 Å². The monoisotopic (exact) mass is 188 g/mol. The Morgan fingerprint density at radius 3 is 2.00 bits per heavy atom. The molecule has 0 saturated heterocycles. The molecule has 0 spiro atoms. The summed E-state index contributed by atoms with van der Waals surface area (Å²) in [7, 11) is 0. The Bertz CT molecular complexity index is 102. The largest absolute Gasteiger partial charge is 0.393 e. The van der Waals surface area contributed by atoms with Crippen molar-refractivity contribution >= 4 is 0 Å². The van der Waals surface area contributed by atoms with Gasteiger partial charge in [-0.2, -0.15) is 0 Å². The average Bonchev–Trinajstić information content (AvgIpc) is 2.08. The van der Waals surface area contributed by atoms with E-state index in [1.165, 1.54) is 0 Å². The lowest BCUT2D eigenvalue weighted by Crippen LogP contribution is -2.06. The molecule has 0 aromatic carbocycles. The second-order valence-corrected chi connectivity index (χ2v) is 3.93. The first kappa shape index (κ1) is 12.9. The van der Waals surface area contributed by atoms with Crippen LogP contribution in [0.4, 0.5) is 0 Å². The predicted octanol–water partition coefficient (Wildman–Crippen LogP) is 2.48. The lowest BCUT2D eigenvalue weighted by Gasteiger charge is -2.09. The summed E-state index contributed by atoms with van der Waals surface area (Å²) in [5, 5.41) is 18.5. The number of aliphatic hydroxyl groups excluding tert-OH is 2. The van der Waals surface area contributed by atoms with Crippen LogP contribution in [0.3, 0.4) is 0 Å². The van der Waals surface area contributed by atoms with E-state index in [0.717, 1.165) is 44.9 Å². The van der Waals surface area contributed by atoms with Crippen molar-refractivity contribution in [3.8, 4) is 0 Å². The average molecular weight is 188 g/mol. The molecule has 0 aromatic heterocycles. The lowest BCUT2D eigenvalue weighted by atomic mass is 10.0. The van der Waals surface area contributed by atoms with Gasteiger partial charge in [-0.1, -0.05) is 32.6 Å². The minimum atomic E-state index is -0.187. The molecule has 2 nitrogen and oxygen atoms in total. The van der Waals surface area contributed by atoms with E-state index in [1.54, 1.807) is 0 Å². The highest BCUT2D eigenvalue weighted by Crippen LogP contribution is 2.10. The van der Waals surface area contributed by atoms with Gasteiger partial charge in [0.2, 0.25) is 0 Å². The summed E-state index contributed by atoms with van der Waals surface area (Å²) >= 11 is 0. The molecular weight excluding hydrogens is 164 g/mol. The Kier molecular flexibility index (Phi) is 8.46. The van der Waals surface area contributed by atoms with Gasteiger partial charge < -0.3 is 10.2 Å². The van der Waals surface area contributed by atoms with Crippen LogP contribution in [-0.2, 0) is 0 Å². The molecule has 2 heteroatoms. The van der Waals surface area contributed by atoms with Crippen LogP contribution in [0.5, 0.6) is 0 Å². The fourth-order valence-corrected chi connectivity index (χ4v) is 1.40. The molecular formula is C11H24O2. The van der Waals surface area contributed by atoms with E-state index >= 15 is 0 Å². The molecule has 0 radical (unpaired) electrons. The predicted molar refractivity (Wildman–Crippen MR) is 55.7 cm³/mol. The molecule has 13 heavy (non-hydrogen) atoms. The molecule has 0 aromatic rings. The SMILES string of the molecule is CCCCC(O)CCCCC(C)O. The molecule has 0 aliphatic carbocycles. The number of hydrogen-bond acceptors (Lipinski definition) is 2. The van der Waals surface area contributed by atoms with Gasteiger partial charge in [0.25, 0.3) is 0 Å². The second-order valence-electron chi connectivity index (χ2n) is 3.93. The van der Waals surface area contributed by atoms with E-state index in [2.05, 4.69) is 6.92 Å². The molecule has 0 rings (SSSR count). The van der Waals surface area contributed by atoms with Crippen LogP contribution in [-0.4, -0.2) is 22.4 Å². The van der Waals surface area contributed by atoms with Crippen molar-refractivity contribution in [2.45, 2.75) is 71.0 Å². The van der Waals surface area contributed by atoms with Gasteiger partial charge in [0.05, 0.1) is 12.2 Å². The zero-order valence-corrected chi connectivity index (χ0v) is 9.00. The maximum atomic E-state index is 9.48. The minimum absolute atomic E-state index is 0.117. The van der Waals surface area contributed by atoms with Gasteiger partial charge in [-0.3, -0.25) is 0 Å². The second kappa shape index (κ2) is 8.52. The van der Waals surface area contributed by atoms with Gasteiger partial charge in [0, 0.05) is 0 Å². The molecule has 80 valence electrons. The summed E-state index contributed by atoms with van der Waals surface area (Å²) in [5.74, 6) is 0. The molecule has 0 bridgehead atoms. The van der Waals surface area contributed by atoms with Gasteiger partial charge in [0.15, 0.2) is 0 Å². The summed E-state index contributed by atoms with van der Waals surface area (Å²) in [4.78, 5) is 0. The fourth-order valence-electron chi connectivity index (χ4n) is 1.40. The zero-order chi connectivity index (χ0) is 10.1. The topological polar surface area (TPSA) is 40.5 Å². The van der Waals surface area contributed by atoms with Crippen molar-refractivity contribution in [3.05, 3.63) is 0 Å². The van der Waals surface area contributed by atoms with Gasteiger partial charge >= 0.3 is 0 Å². The maximum Gasteiger partial charge on any atom is 0.0540 e. The Morgan fingerprint density at radius 1 is 0.923 bits per heavy atom. The van der Waals surface area contributed by atoms with E-state index in [-0.39, 0.29) is 12.2 Å². The van der Waals surface area contributed by atoms with Crippen molar-refractivity contribution in [1.82, 2.24) is 0 Å². The molecule has 0 heterocycles. The van der Waals surface area contributed by atoms with Gasteiger partial charge in [-0.15, -0.1) is 0 Å². The van der Waals surface area contributed by atoms with Crippen LogP contribution < -0.4 is 0 Å².